The highest BCUT2D eigenvalue weighted by Crippen LogP contribution is 2.18. The molecule has 0 aliphatic heterocycles. The van der Waals surface area contributed by atoms with Gasteiger partial charge in [0.15, 0.2) is 0 Å². The van der Waals surface area contributed by atoms with Crippen LogP contribution in [0.4, 0.5) is 0 Å². The minimum atomic E-state index is 1.07. The molecule has 0 aromatic carbocycles. The zero-order chi connectivity index (χ0) is 45.8. The molecule has 0 aromatic rings. The quantitative estimate of drug-likeness (QED) is 0.0460. The van der Waals surface area contributed by atoms with E-state index in [4.69, 9.17) is 0 Å². The van der Waals surface area contributed by atoms with Crippen LogP contribution in [0.5, 0.6) is 0 Å². The summed E-state index contributed by atoms with van der Waals surface area (Å²) in [5.74, 6) is 0. The molecule has 4 nitrogen and oxygen atoms in total. The van der Waals surface area contributed by atoms with E-state index in [1.165, 1.54) is 334 Å². The molecule has 386 valence electrons. The Bertz CT molecular complexity index is 698. The lowest BCUT2D eigenvalue weighted by atomic mass is 10.0. The molecule has 0 aliphatic carbocycles. The lowest BCUT2D eigenvalue weighted by Gasteiger charge is -2.09. The van der Waals surface area contributed by atoms with Crippen LogP contribution < -0.4 is 21.3 Å². The molecule has 64 heavy (non-hydrogen) atoms. The van der Waals surface area contributed by atoms with Gasteiger partial charge >= 0.3 is 0 Å². The summed E-state index contributed by atoms with van der Waals surface area (Å²) in [4.78, 5) is 0. The average molecular weight is 904 g/mol. The first-order valence-electron chi connectivity index (χ1n) is 30.7. The van der Waals surface area contributed by atoms with Crippen LogP contribution in [0.2, 0.25) is 0 Å². The molecule has 0 saturated heterocycles. The topological polar surface area (TPSA) is 48.1 Å². The molecule has 0 aliphatic rings. The van der Waals surface area contributed by atoms with Gasteiger partial charge in [-0.3, -0.25) is 0 Å². The van der Waals surface area contributed by atoms with Crippen molar-refractivity contribution in [3.63, 3.8) is 0 Å². The predicted octanol–water partition coefficient (Wildman–Crippen LogP) is 18.9. The lowest BCUT2D eigenvalue weighted by molar-refractivity contribution is 0.513. The second kappa shape index (κ2) is 62.8. The third-order valence-electron chi connectivity index (χ3n) is 14.3. The summed E-state index contributed by atoms with van der Waals surface area (Å²) in [5.41, 5.74) is 0. The second-order valence-electron chi connectivity index (χ2n) is 21.0. The fraction of sp³-hybridized carbons (Fsp3) is 1.00. The largest absolute Gasteiger partial charge is 0.315 e. The van der Waals surface area contributed by atoms with E-state index < -0.39 is 0 Å². The van der Waals surface area contributed by atoms with Crippen molar-refractivity contribution in [2.24, 2.45) is 0 Å². The van der Waals surface area contributed by atoms with Gasteiger partial charge in [-0.25, -0.2) is 0 Å². The molecule has 0 fully saturated rings. The Balaban J connectivity index is 3.06. The van der Waals surface area contributed by atoms with Gasteiger partial charge in [0, 0.05) is 39.3 Å². The zero-order valence-corrected chi connectivity index (χ0v) is 45.0. The maximum atomic E-state index is 3.63. The third-order valence-corrected chi connectivity index (χ3v) is 14.3. The Morgan fingerprint density at radius 3 is 0.375 bits per heavy atom. The summed E-state index contributed by atoms with van der Waals surface area (Å²) < 4.78 is 0. The SMILES string of the molecule is CCCCCCCCCCCCCCCCCCCCCCCCCCCNCCNCCNCCNCCCCCCCCCCCCCCCCCCCCCCCCCCC. The van der Waals surface area contributed by atoms with E-state index in [-0.39, 0.29) is 0 Å². The molecule has 0 unspecified atom stereocenters. The second-order valence-corrected chi connectivity index (χ2v) is 21.0. The van der Waals surface area contributed by atoms with Crippen molar-refractivity contribution in [1.82, 2.24) is 21.3 Å². The molecule has 0 saturated carbocycles. The van der Waals surface area contributed by atoms with E-state index in [9.17, 15) is 0 Å². The summed E-state index contributed by atoms with van der Waals surface area (Å²) >= 11 is 0. The summed E-state index contributed by atoms with van der Waals surface area (Å²) in [5, 5.41) is 14.4. The van der Waals surface area contributed by atoms with Crippen molar-refractivity contribution in [3.8, 4) is 0 Å². The van der Waals surface area contributed by atoms with Crippen molar-refractivity contribution in [1.29, 1.82) is 0 Å². The van der Waals surface area contributed by atoms with Crippen LogP contribution in [0.3, 0.4) is 0 Å². The van der Waals surface area contributed by atoms with Crippen LogP contribution in [0.15, 0.2) is 0 Å². The monoisotopic (exact) mass is 903 g/mol. The summed E-state index contributed by atoms with van der Waals surface area (Å²) in [6.07, 6.45) is 73.1. The van der Waals surface area contributed by atoms with Gasteiger partial charge in [-0.2, -0.15) is 0 Å². The highest BCUT2D eigenvalue weighted by Gasteiger charge is 1.99. The Hall–Kier alpha value is -0.160. The normalized spacial score (nSPS) is 11.7. The maximum absolute atomic E-state index is 3.63. The van der Waals surface area contributed by atoms with Crippen LogP contribution in [0.1, 0.15) is 335 Å². The van der Waals surface area contributed by atoms with Crippen molar-refractivity contribution in [2.75, 3.05) is 52.4 Å². The third kappa shape index (κ3) is 61.8. The predicted molar refractivity (Wildman–Crippen MR) is 294 cm³/mol. The number of unbranched alkanes of at least 4 members (excludes halogenated alkanes) is 48. The van der Waals surface area contributed by atoms with Crippen LogP contribution in [-0.4, -0.2) is 52.4 Å². The molecule has 0 bridgehead atoms. The lowest BCUT2D eigenvalue weighted by Crippen LogP contribution is -2.35. The van der Waals surface area contributed by atoms with Gasteiger partial charge in [0.05, 0.1) is 0 Å². The molecule has 0 spiro atoms. The van der Waals surface area contributed by atoms with Crippen LogP contribution in [0.25, 0.3) is 0 Å². The van der Waals surface area contributed by atoms with Crippen LogP contribution >= 0.6 is 0 Å². The first kappa shape index (κ1) is 63.8. The van der Waals surface area contributed by atoms with E-state index >= 15 is 0 Å². The van der Waals surface area contributed by atoms with Gasteiger partial charge in [0.25, 0.3) is 0 Å². The van der Waals surface area contributed by atoms with E-state index in [1.807, 2.05) is 0 Å². The average Bonchev–Trinajstić information content (AvgIpc) is 3.31. The molecule has 0 radical (unpaired) electrons. The smallest absolute Gasteiger partial charge is 0.00772 e. The molecule has 4 heteroatoms. The molecule has 0 heterocycles. The highest BCUT2D eigenvalue weighted by molar-refractivity contribution is 4.59. The fourth-order valence-electron chi connectivity index (χ4n) is 9.81. The van der Waals surface area contributed by atoms with E-state index in [1.54, 1.807) is 0 Å². The highest BCUT2D eigenvalue weighted by atomic mass is 15.0. The summed E-state index contributed by atoms with van der Waals surface area (Å²) in [7, 11) is 0. The van der Waals surface area contributed by atoms with Gasteiger partial charge < -0.3 is 21.3 Å². The molecule has 0 atom stereocenters. The van der Waals surface area contributed by atoms with Crippen molar-refractivity contribution in [2.45, 2.75) is 335 Å². The summed E-state index contributed by atoms with van der Waals surface area (Å²) in [6.45, 7) is 13.5. The molecule has 0 aromatic heterocycles. The Morgan fingerprint density at radius 1 is 0.125 bits per heavy atom. The summed E-state index contributed by atoms with van der Waals surface area (Å²) in [6, 6.07) is 0. The molecular weight excluding hydrogens is 777 g/mol. The van der Waals surface area contributed by atoms with Crippen molar-refractivity contribution in [3.05, 3.63) is 0 Å². The maximum Gasteiger partial charge on any atom is 0.00772 e. The van der Waals surface area contributed by atoms with Gasteiger partial charge in [-0.15, -0.1) is 0 Å². The van der Waals surface area contributed by atoms with Crippen molar-refractivity contribution >= 4 is 0 Å². The number of hydrogen-bond donors (Lipinski definition) is 4. The minimum absolute atomic E-state index is 1.07. The fourth-order valence-corrected chi connectivity index (χ4v) is 9.81. The van der Waals surface area contributed by atoms with Gasteiger partial charge in [0.1, 0.15) is 0 Å². The van der Waals surface area contributed by atoms with Gasteiger partial charge in [-0.05, 0) is 25.9 Å². The minimum Gasteiger partial charge on any atom is -0.315 e. The first-order chi connectivity index (χ1) is 31.9. The number of hydrogen-bond acceptors (Lipinski definition) is 4. The van der Waals surface area contributed by atoms with Gasteiger partial charge in [-0.1, -0.05) is 322 Å². The van der Waals surface area contributed by atoms with Crippen molar-refractivity contribution < 1.29 is 0 Å². The Kier molecular flexibility index (Phi) is 62.7. The molecule has 4 N–H and O–H groups in total. The first-order valence-corrected chi connectivity index (χ1v) is 30.7. The van der Waals surface area contributed by atoms with Gasteiger partial charge in [0.2, 0.25) is 0 Å². The van der Waals surface area contributed by atoms with E-state index in [0.29, 0.717) is 0 Å². The number of nitrogens with one attached hydrogen (secondary N) is 4. The van der Waals surface area contributed by atoms with Crippen LogP contribution in [0, 0.1) is 0 Å². The zero-order valence-electron chi connectivity index (χ0n) is 45.0. The standard InChI is InChI=1S/C60H126N4/c1-3-5-7-9-11-13-15-17-19-21-23-25-27-29-31-33-35-37-39-41-43-45-47-49-51-53-61-55-57-63-59-60-64-58-56-62-54-52-50-48-46-44-42-40-38-36-34-32-30-28-26-24-22-20-18-16-14-12-10-8-6-4-2/h61-64H,3-60H2,1-2H3. The number of rotatable bonds is 61. The Morgan fingerprint density at radius 2 is 0.234 bits per heavy atom. The molecule has 0 amide bonds. The van der Waals surface area contributed by atoms with Crippen LogP contribution in [-0.2, 0) is 0 Å². The van der Waals surface area contributed by atoms with E-state index in [2.05, 4.69) is 35.1 Å². The Labute approximate surface area is 406 Å². The molecular formula is C60H126N4. The van der Waals surface area contributed by atoms with E-state index in [0.717, 1.165) is 39.3 Å². The molecule has 0 rings (SSSR count).